The van der Waals surface area contributed by atoms with E-state index >= 15 is 0 Å². The molecule has 0 aliphatic carbocycles. The van der Waals surface area contributed by atoms with Crippen molar-refractivity contribution in [1.82, 2.24) is 4.98 Å². The minimum Gasteiger partial charge on any atom is -0.619 e. The Morgan fingerprint density at radius 1 is 0.818 bits per heavy atom. The summed E-state index contributed by atoms with van der Waals surface area (Å²) in [5.41, 5.74) is 0. The van der Waals surface area contributed by atoms with E-state index in [1.165, 1.54) is 6.20 Å². The highest BCUT2D eigenvalue weighted by Crippen LogP contribution is 2.19. The summed E-state index contributed by atoms with van der Waals surface area (Å²) in [5, 5.41) is 15.6. The normalized spacial score (nSPS) is 10.2. The number of hydrogen-bond acceptors (Lipinski definition) is 2. The zero-order valence-corrected chi connectivity index (χ0v) is 12.4. The largest absolute Gasteiger partial charge is 0.619 e. The number of halogens is 1. The van der Waals surface area contributed by atoms with Gasteiger partial charge in [0.2, 0.25) is 0 Å². The zero-order valence-electron chi connectivity index (χ0n) is 11.7. The average molecular weight is 309 g/mol. The summed E-state index contributed by atoms with van der Waals surface area (Å²) in [6, 6.07) is 19.4. The SMILES string of the molecule is Clc1nccc2ccccc12.[O-][n+]1ccc2ccccc2c1. The molecule has 0 atom stereocenters. The summed E-state index contributed by atoms with van der Waals surface area (Å²) >= 11 is 5.85. The molecule has 2 aromatic carbocycles. The molecule has 0 fully saturated rings. The van der Waals surface area contributed by atoms with Gasteiger partial charge in [0, 0.05) is 23.0 Å². The van der Waals surface area contributed by atoms with Crippen LogP contribution in [0.4, 0.5) is 0 Å². The van der Waals surface area contributed by atoms with E-state index in [9.17, 15) is 5.21 Å². The van der Waals surface area contributed by atoms with Crippen molar-refractivity contribution in [3.05, 3.63) is 89.6 Å². The number of pyridine rings is 2. The number of aromatic nitrogens is 2. The van der Waals surface area contributed by atoms with Crippen LogP contribution in [0.1, 0.15) is 0 Å². The Morgan fingerprint density at radius 2 is 1.50 bits per heavy atom. The fraction of sp³-hybridized carbons (Fsp3) is 0. The molecule has 4 heteroatoms. The van der Waals surface area contributed by atoms with Crippen LogP contribution in [0.15, 0.2) is 79.3 Å². The van der Waals surface area contributed by atoms with Gasteiger partial charge >= 0.3 is 0 Å². The van der Waals surface area contributed by atoms with Crippen LogP contribution in [0, 0.1) is 5.21 Å². The summed E-state index contributed by atoms with van der Waals surface area (Å²) in [6.07, 6.45) is 4.78. The van der Waals surface area contributed by atoms with Gasteiger partial charge in [-0.2, -0.15) is 4.73 Å². The van der Waals surface area contributed by atoms with Crippen molar-refractivity contribution in [1.29, 1.82) is 0 Å². The van der Waals surface area contributed by atoms with Crippen LogP contribution >= 0.6 is 11.6 Å². The Labute approximate surface area is 133 Å². The van der Waals surface area contributed by atoms with Gasteiger partial charge in [0.15, 0.2) is 12.4 Å². The van der Waals surface area contributed by atoms with Crippen molar-refractivity contribution < 1.29 is 4.73 Å². The summed E-state index contributed by atoms with van der Waals surface area (Å²) in [5.74, 6) is 0. The third-order valence-electron chi connectivity index (χ3n) is 3.29. The van der Waals surface area contributed by atoms with Gasteiger partial charge in [-0.15, -0.1) is 0 Å². The maximum Gasteiger partial charge on any atom is 0.188 e. The lowest BCUT2D eigenvalue weighted by Gasteiger charge is -1.96. The lowest BCUT2D eigenvalue weighted by molar-refractivity contribution is -0.603. The van der Waals surface area contributed by atoms with Gasteiger partial charge in [0.1, 0.15) is 5.15 Å². The van der Waals surface area contributed by atoms with E-state index in [1.54, 1.807) is 12.4 Å². The fourth-order valence-electron chi connectivity index (χ4n) is 2.20. The molecule has 0 bridgehead atoms. The molecule has 0 amide bonds. The first-order valence-electron chi connectivity index (χ1n) is 6.81. The predicted molar refractivity (Wildman–Crippen MR) is 89.7 cm³/mol. The first kappa shape index (κ1) is 14.3. The fourth-order valence-corrected chi connectivity index (χ4v) is 2.43. The molecule has 2 aromatic heterocycles. The highest BCUT2D eigenvalue weighted by atomic mass is 35.5. The molecule has 22 heavy (non-hydrogen) atoms. The molecule has 0 saturated carbocycles. The topological polar surface area (TPSA) is 39.8 Å². The van der Waals surface area contributed by atoms with Crippen LogP contribution in [0.25, 0.3) is 21.5 Å². The van der Waals surface area contributed by atoms with Crippen LogP contribution < -0.4 is 4.73 Å². The van der Waals surface area contributed by atoms with Gasteiger partial charge < -0.3 is 5.21 Å². The Hall–Kier alpha value is -2.65. The van der Waals surface area contributed by atoms with Crippen molar-refractivity contribution in [3.63, 3.8) is 0 Å². The Morgan fingerprint density at radius 3 is 2.27 bits per heavy atom. The lowest BCUT2D eigenvalue weighted by Crippen LogP contribution is -2.23. The molecule has 0 spiro atoms. The molecule has 2 heterocycles. The van der Waals surface area contributed by atoms with E-state index < -0.39 is 0 Å². The first-order chi connectivity index (χ1) is 10.7. The van der Waals surface area contributed by atoms with Gasteiger partial charge in [0.25, 0.3) is 0 Å². The number of hydrogen-bond donors (Lipinski definition) is 0. The second-order valence-corrected chi connectivity index (χ2v) is 5.11. The molecule has 0 aliphatic rings. The number of fused-ring (bicyclic) bond motifs is 2. The maximum absolute atomic E-state index is 10.8. The van der Waals surface area contributed by atoms with Crippen molar-refractivity contribution in [2.24, 2.45) is 0 Å². The average Bonchev–Trinajstić information content (AvgIpc) is 2.56. The molecule has 0 unspecified atom stereocenters. The van der Waals surface area contributed by atoms with E-state index in [0.717, 1.165) is 26.3 Å². The molecule has 4 aromatic rings. The van der Waals surface area contributed by atoms with Crippen LogP contribution in [0.2, 0.25) is 5.15 Å². The van der Waals surface area contributed by atoms with Crippen molar-refractivity contribution in [2.45, 2.75) is 0 Å². The molecule has 0 N–H and O–H groups in total. The molecule has 3 nitrogen and oxygen atoms in total. The minimum absolute atomic E-state index is 0.572. The Bertz CT molecular complexity index is 913. The lowest BCUT2D eigenvalue weighted by atomic mass is 10.2. The van der Waals surface area contributed by atoms with Crippen molar-refractivity contribution in [3.8, 4) is 0 Å². The van der Waals surface area contributed by atoms with Crippen LogP contribution in [-0.2, 0) is 0 Å². The van der Waals surface area contributed by atoms with Crippen molar-refractivity contribution in [2.75, 3.05) is 0 Å². The van der Waals surface area contributed by atoms with Gasteiger partial charge in [0.05, 0.1) is 0 Å². The van der Waals surface area contributed by atoms with E-state index in [-0.39, 0.29) is 0 Å². The van der Waals surface area contributed by atoms with Gasteiger partial charge in [-0.25, -0.2) is 4.98 Å². The van der Waals surface area contributed by atoms with E-state index in [1.807, 2.05) is 60.7 Å². The Balaban J connectivity index is 0.000000131. The van der Waals surface area contributed by atoms with Crippen molar-refractivity contribution >= 4 is 33.1 Å². The van der Waals surface area contributed by atoms with Crippen LogP contribution in [0.3, 0.4) is 0 Å². The number of nitrogens with zero attached hydrogens (tertiary/aromatic N) is 2. The molecule has 0 radical (unpaired) electrons. The highest BCUT2D eigenvalue weighted by Gasteiger charge is 1.95. The summed E-state index contributed by atoms with van der Waals surface area (Å²) in [7, 11) is 0. The van der Waals surface area contributed by atoms with Gasteiger partial charge in [-0.05, 0) is 22.9 Å². The second-order valence-electron chi connectivity index (χ2n) is 4.76. The predicted octanol–water partition coefficient (Wildman–Crippen LogP) is 4.36. The standard InChI is InChI=1S/C9H6ClN.C9H7NO/c10-9-8-4-2-1-3-7(8)5-6-11-9;11-10-6-5-8-3-1-2-4-9(8)7-10/h1-6H;1-7H. The molecule has 108 valence electrons. The van der Waals surface area contributed by atoms with Gasteiger partial charge in [-0.3, -0.25) is 0 Å². The molecular weight excluding hydrogens is 296 g/mol. The smallest absolute Gasteiger partial charge is 0.188 e. The third-order valence-corrected chi connectivity index (χ3v) is 3.59. The number of rotatable bonds is 0. The first-order valence-corrected chi connectivity index (χ1v) is 7.19. The Kier molecular flexibility index (Phi) is 4.17. The minimum atomic E-state index is 0.572. The molecule has 0 aliphatic heterocycles. The van der Waals surface area contributed by atoms with Gasteiger partial charge in [-0.1, -0.05) is 54.1 Å². The second kappa shape index (κ2) is 6.41. The highest BCUT2D eigenvalue weighted by molar-refractivity contribution is 6.34. The quantitative estimate of drug-likeness (QED) is 0.275. The summed E-state index contributed by atoms with van der Waals surface area (Å²) < 4.78 is 0.808. The molecular formula is C18H13ClN2O. The van der Waals surface area contributed by atoms with Crippen LogP contribution in [0.5, 0.6) is 0 Å². The van der Waals surface area contributed by atoms with E-state index in [0.29, 0.717) is 5.15 Å². The van der Waals surface area contributed by atoms with Crippen LogP contribution in [-0.4, -0.2) is 4.98 Å². The monoisotopic (exact) mass is 308 g/mol. The molecule has 4 rings (SSSR count). The zero-order chi connectivity index (χ0) is 15.4. The van der Waals surface area contributed by atoms with E-state index in [2.05, 4.69) is 4.98 Å². The molecule has 0 saturated heterocycles. The summed E-state index contributed by atoms with van der Waals surface area (Å²) in [4.78, 5) is 3.97. The van der Waals surface area contributed by atoms with E-state index in [4.69, 9.17) is 11.6 Å². The maximum atomic E-state index is 10.8. The number of benzene rings is 2. The third kappa shape index (κ3) is 3.15. The summed E-state index contributed by atoms with van der Waals surface area (Å²) in [6.45, 7) is 0.